The third-order valence-corrected chi connectivity index (χ3v) is 4.32. The fraction of sp³-hybridized carbons (Fsp3) is 0.211. The molecule has 3 rings (SSSR count). The van der Waals surface area contributed by atoms with Crippen molar-refractivity contribution in [2.45, 2.75) is 6.92 Å². The highest BCUT2D eigenvalue weighted by Crippen LogP contribution is 2.32. The molecule has 9 heteroatoms. The summed E-state index contributed by atoms with van der Waals surface area (Å²) in [5, 5.41) is 6.53. The van der Waals surface area contributed by atoms with Gasteiger partial charge in [0.25, 0.3) is 5.91 Å². The first-order chi connectivity index (χ1) is 13.5. The number of hydrogen-bond acceptors (Lipinski definition) is 7. The molecule has 8 nitrogen and oxygen atoms in total. The summed E-state index contributed by atoms with van der Waals surface area (Å²) in [6.07, 6.45) is 0. The van der Waals surface area contributed by atoms with Crippen LogP contribution in [0.3, 0.4) is 0 Å². The number of nitrogens with one attached hydrogen (secondary N) is 1. The third-order valence-electron chi connectivity index (χ3n) is 3.65. The van der Waals surface area contributed by atoms with E-state index in [2.05, 4.69) is 33.1 Å². The lowest BCUT2D eigenvalue weighted by Crippen LogP contribution is -2.22. The van der Waals surface area contributed by atoms with Crippen molar-refractivity contribution in [3.63, 3.8) is 0 Å². The minimum Gasteiger partial charge on any atom is -0.454 e. The summed E-state index contributed by atoms with van der Waals surface area (Å²) in [5.74, 6) is 0.172. The number of ether oxygens (including phenoxy) is 3. The lowest BCUT2D eigenvalue weighted by Gasteiger charge is -2.07. The Balaban J connectivity index is 1.41. The van der Waals surface area contributed by atoms with Gasteiger partial charge >= 0.3 is 5.97 Å². The Morgan fingerprint density at radius 2 is 1.96 bits per heavy atom. The van der Waals surface area contributed by atoms with Crippen LogP contribution in [0.15, 0.2) is 47.6 Å². The van der Waals surface area contributed by atoms with Gasteiger partial charge in [-0.15, -0.1) is 0 Å². The van der Waals surface area contributed by atoms with Crippen LogP contribution in [0.5, 0.6) is 11.5 Å². The number of oxime groups is 1. The average Bonchev–Trinajstić information content (AvgIpc) is 3.14. The van der Waals surface area contributed by atoms with Crippen LogP contribution >= 0.6 is 22.6 Å². The zero-order valence-corrected chi connectivity index (χ0v) is 17.1. The van der Waals surface area contributed by atoms with Crippen molar-refractivity contribution in [2.24, 2.45) is 5.16 Å². The molecule has 146 valence electrons. The van der Waals surface area contributed by atoms with Crippen molar-refractivity contribution in [3.8, 4) is 11.5 Å². The molecule has 0 unspecified atom stereocenters. The topological polar surface area (TPSA) is 95.5 Å². The van der Waals surface area contributed by atoms with E-state index in [9.17, 15) is 9.59 Å². The Kier molecular flexibility index (Phi) is 6.69. The second kappa shape index (κ2) is 9.40. The second-order valence-electron chi connectivity index (χ2n) is 5.74. The number of hydrogen-bond donors (Lipinski definition) is 1. The highest BCUT2D eigenvalue weighted by Gasteiger charge is 2.14. The smallest absolute Gasteiger partial charge is 0.347 e. The summed E-state index contributed by atoms with van der Waals surface area (Å²) in [6.45, 7) is 1.11. The van der Waals surface area contributed by atoms with Crippen LogP contribution in [0.1, 0.15) is 12.5 Å². The second-order valence-corrected chi connectivity index (χ2v) is 6.98. The van der Waals surface area contributed by atoms with Crippen LogP contribution in [0.4, 0.5) is 5.69 Å². The molecule has 28 heavy (non-hydrogen) atoms. The minimum absolute atomic E-state index is 0.189. The molecule has 0 aliphatic carbocycles. The quantitative estimate of drug-likeness (QED) is 0.274. The van der Waals surface area contributed by atoms with Crippen molar-refractivity contribution in [1.82, 2.24) is 0 Å². The maximum Gasteiger partial charge on any atom is 0.347 e. The van der Waals surface area contributed by atoms with Crippen LogP contribution in [0, 0.1) is 3.57 Å². The summed E-state index contributed by atoms with van der Waals surface area (Å²) in [7, 11) is 0. The van der Waals surface area contributed by atoms with Gasteiger partial charge in [-0.1, -0.05) is 11.2 Å². The molecule has 0 aromatic heterocycles. The summed E-state index contributed by atoms with van der Waals surface area (Å²) in [6, 6.07) is 12.6. The van der Waals surface area contributed by atoms with Gasteiger partial charge < -0.3 is 24.4 Å². The number of carbonyl (C=O) groups is 2. The number of rotatable bonds is 7. The summed E-state index contributed by atoms with van der Waals surface area (Å²) in [4.78, 5) is 28.5. The lowest BCUT2D eigenvalue weighted by molar-refractivity contribution is -0.151. The van der Waals surface area contributed by atoms with Crippen molar-refractivity contribution in [2.75, 3.05) is 25.3 Å². The number of anilines is 1. The zero-order chi connectivity index (χ0) is 19.9. The lowest BCUT2D eigenvalue weighted by atomic mass is 10.1. The van der Waals surface area contributed by atoms with Gasteiger partial charge in [-0.2, -0.15) is 0 Å². The number of nitrogens with zero attached hydrogens (tertiary/aromatic N) is 1. The van der Waals surface area contributed by atoms with E-state index in [-0.39, 0.29) is 6.79 Å². The predicted octanol–water partition coefficient (Wildman–Crippen LogP) is 2.94. The van der Waals surface area contributed by atoms with Gasteiger partial charge in [-0.25, -0.2) is 4.79 Å². The van der Waals surface area contributed by atoms with Gasteiger partial charge in [0.05, 0.1) is 5.71 Å². The summed E-state index contributed by atoms with van der Waals surface area (Å²) < 4.78 is 16.4. The highest BCUT2D eigenvalue weighted by atomic mass is 127. The van der Waals surface area contributed by atoms with E-state index >= 15 is 0 Å². The molecule has 0 spiro atoms. The normalized spacial score (nSPS) is 12.4. The van der Waals surface area contributed by atoms with Crippen LogP contribution < -0.4 is 14.8 Å². The van der Waals surface area contributed by atoms with Crippen molar-refractivity contribution >= 4 is 45.9 Å². The Morgan fingerprint density at radius 3 is 2.79 bits per heavy atom. The van der Waals surface area contributed by atoms with Gasteiger partial charge in [0.15, 0.2) is 18.1 Å². The standard InChI is InChI=1S/C19H17IN2O6/c1-12(13-5-6-16-17(7-13)27-11-26-16)22-28-10-19(24)25-9-18(23)21-15-4-2-3-14(20)8-15/h2-8H,9-11H2,1H3,(H,21,23)/b22-12+. The molecule has 0 saturated carbocycles. The first-order valence-corrected chi connectivity index (χ1v) is 9.37. The Labute approximate surface area is 174 Å². The molecular formula is C19H17IN2O6. The highest BCUT2D eigenvalue weighted by molar-refractivity contribution is 14.1. The molecular weight excluding hydrogens is 479 g/mol. The first-order valence-electron chi connectivity index (χ1n) is 8.29. The van der Waals surface area contributed by atoms with Crippen LogP contribution in [-0.2, 0) is 19.2 Å². The molecule has 0 bridgehead atoms. The molecule has 1 N–H and O–H groups in total. The summed E-state index contributed by atoms with van der Waals surface area (Å²) in [5.41, 5.74) is 1.96. The molecule has 0 radical (unpaired) electrons. The first kappa shape index (κ1) is 19.9. The Morgan fingerprint density at radius 1 is 1.14 bits per heavy atom. The fourth-order valence-corrected chi connectivity index (χ4v) is 2.85. The van der Waals surface area contributed by atoms with Gasteiger partial charge in [0, 0.05) is 14.8 Å². The monoisotopic (exact) mass is 496 g/mol. The molecule has 0 fully saturated rings. The number of benzene rings is 2. The molecule has 1 heterocycles. The maximum atomic E-state index is 11.8. The maximum absolute atomic E-state index is 11.8. The molecule has 2 aromatic carbocycles. The molecule has 1 aliphatic rings. The average molecular weight is 496 g/mol. The van der Waals surface area contributed by atoms with Gasteiger partial charge in [-0.05, 0) is 65.9 Å². The van der Waals surface area contributed by atoms with Gasteiger partial charge in [0.2, 0.25) is 13.4 Å². The molecule has 0 saturated heterocycles. The van der Waals surface area contributed by atoms with E-state index in [0.29, 0.717) is 22.9 Å². The van der Waals surface area contributed by atoms with E-state index in [1.807, 2.05) is 18.2 Å². The van der Waals surface area contributed by atoms with E-state index in [1.54, 1.807) is 31.2 Å². The van der Waals surface area contributed by atoms with E-state index in [0.717, 1.165) is 9.13 Å². The molecule has 1 amide bonds. The van der Waals surface area contributed by atoms with Crippen molar-refractivity contribution in [3.05, 3.63) is 51.6 Å². The van der Waals surface area contributed by atoms with E-state index in [1.165, 1.54) is 0 Å². The molecule has 1 aliphatic heterocycles. The molecule has 2 aromatic rings. The Bertz CT molecular complexity index is 915. The Hall–Kier alpha value is -2.82. The van der Waals surface area contributed by atoms with Gasteiger partial charge in [0.1, 0.15) is 0 Å². The minimum atomic E-state index is -0.694. The number of amides is 1. The zero-order valence-electron chi connectivity index (χ0n) is 14.9. The number of esters is 1. The van der Waals surface area contributed by atoms with Crippen LogP contribution in [-0.4, -0.2) is 37.6 Å². The van der Waals surface area contributed by atoms with Crippen LogP contribution in [0.25, 0.3) is 0 Å². The molecule has 0 atom stereocenters. The largest absolute Gasteiger partial charge is 0.454 e. The van der Waals surface area contributed by atoms with E-state index < -0.39 is 25.1 Å². The number of fused-ring (bicyclic) bond motifs is 1. The summed E-state index contributed by atoms with van der Waals surface area (Å²) >= 11 is 2.14. The van der Waals surface area contributed by atoms with Crippen molar-refractivity contribution < 1.29 is 28.6 Å². The third kappa shape index (κ3) is 5.59. The number of carbonyl (C=O) groups excluding carboxylic acids is 2. The fourth-order valence-electron chi connectivity index (χ4n) is 2.31. The SMILES string of the molecule is C/C(=N\OCC(=O)OCC(=O)Nc1cccc(I)c1)c1ccc2c(c1)OCO2. The van der Waals surface area contributed by atoms with E-state index in [4.69, 9.17) is 19.0 Å². The number of halogens is 1. The van der Waals surface area contributed by atoms with Crippen molar-refractivity contribution in [1.29, 1.82) is 0 Å². The van der Waals surface area contributed by atoms with Crippen LogP contribution in [0.2, 0.25) is 0 Å². The predicted molar refractivity (Wildman–Crippen MR) is 109 cm³/mol. The van der Waals surface area contributed by atoms with Gasteiger partial charge in [-0.3, -0.25) is 4.79 Å².